The molecule has 0 saturated carbocycles. The molecule has 0 spiro atoms. The number of rotatable bonds is 2. The Morgan fingerprint density at radius 1 is 0.762 bits per heavy atom. The Bertz CT molecular complexity index is 673. The molecule has 0 aliphatic carbocycles. The lowest BCUT2D eigenvalue weighted by Crippen LogP contribution is -2.18. The predicted octanol–water partition coefficient (Wildman–Crippen LogP) is 4.11. The van der Waals surface area contributed by atoms with Crippen LogP contribution in [0, 0.1) is 27.7 Å². The molecular weight excluding hydrogens is 256 g/mol. The largest absolute Gasteiger partial charge is 0.244 e. The van der Waals surface area contributed by atoms with E-state index in [4.69, 9.17) is 0 Å². The molecule has 0 bridgehead atoms. The molecule has 21 heavy (non-hydrogen) atoms. The van der Waals surface area contributed by atoms with E-state index in [1.54, 1.807) is 0 Å². The molecule has 0 radical (unpaired) electrons. The third-order valence-corrected chi connectivity index (χ3v) is 3.94. The second-order valence-corrected chi connectivity index (χ2v) is 6.19. The lowest BCUT2D eigenvalue weighted by Gasteiger charge is -2.08. The van der Waals surface area contributed by atoms with Crippen LogP contribution in [0.1, 0.15) is 22.3 Å². The first kappa shape index (κ1) is 13.9. The van der Waals surface area contributed by atoms with E-state index in [9.17, 15) is 0 Å². The lowest BCUT2D eigenvalue weighted by molar-refractivity contribution is -0.424. The van der Waals surface area contributed by atoms with Crippen LogP contribution in [0.15, 0.2) is 36.4 Å². The van der Waals surface area contributed by atoms with Gasteiger partial charge in [0.25, 0.3) is 0 Å². The average molecular weight is 279 g/mol. The number of hydrogen-bond donors (Lipinski definition) is 0. The van der Waals surface area contributed by atoms with Gasteiger partial charge < -0.3 is 0 Å². The van der Waals surface area contributed by atoms with E-state index in [0.717, 1.165) is 13.1 Å². The molecule has 0 unspecified atom stereocenters. The molecule has 0 fully saturated rings. The maximum absolute atomic E-state index is 2.34. The summed E-state index contributed by atoms with van der Waals surface area (Å²) in [6.07, 6.45) is 2.24. The van der Waals surface area contributed by atoms with Gasteiger partial charge in [-0.2, -0.15) is 0 Å². The van der Waals surface area contributed by atoms with Crippen LogP contribution in [0.2, 0.25) is 0 Å². The fourth-order valence-corrected chi connectivity index (χ4v) is 3.12. The van der Waals surface area contributed by atoms with Gasteiger partial charge in [-0.05, 0) is 74.2 Å². The number of hydrogen-bond acceptors (Lipinski definition) is 1. The highest BCUT2D eigenvalue weighted by atomic mass is 15.3. The smallest absolute Gasteiger partial charge is 0.230 e. The normalized spacial score (nSPS) is 14.5. The Labute approximate surface area is 127 Å². The van der Waals surface area contributed by atoms with E-state index >= 15 is 0 Å². The summed E-state index contributed by atoms with van der Waals surface area (Å²) < 4.78 is 2.34. The lowest BCUT2D eigenvalue weighted by atomic mass is 10.1. The summed E-state index contributed by atoms with van der Waals surface area (Å²) in [5, 5.41) is 0. The van der Waals surface area contributed by atoms with Gasteiger partial charge in [-0.3, -0.25) is 0 Å². The predicted molar refractivity (Wildman–Crippen MR) is 90.0 cm³/mol. The van der Waals surface area contributed by atoms with Crippen LogP contribution < -0.4 is 4.90 Å². The van der Waals surface area contributed by atoms with E-state index in [1.165, 1.54) is 33.6 Å². The SMILES string of the molecule is Cc1cc(C)cc(N2C=[N+](c3cc(C)cc(C)c3)CC2)c1. The van der Waals surface area contributed by atoms with Crippen LogP contribution in [0.4, 0.5) is 11.4 Å². The quantitative estimate of drug-likeness (QED) is 0.750. The Morgan fingerprint density at radius 2 is 1.29 bits per heavy atom. The molecule has 2 aromatic rings. The van der Waals surface area contributed by atoms with Crippen molar-refractivity contribution in [2.75, 3.05) is 18.0 Å². The van der Waals surface area contributed by atoms with Crippen molar-refractivity contribution in [3.8, 4) is 0 Å². The van der Waals surface area contributed by atoms with Crippen LogP contribution in [0.5, 0.6) is 0 Å². The van der Waals surface area contributed by atoms with E-state index in [0.29, 0.717) is 0 Å². The Balaban J connectivity index is 1.93. The zero-order valence-corrected chi connectivity index (χ0v) is 13.4. The highest BCUT2D eigenvalue weighted by Gasteiger charge is 2.22. The van der Waals surface area contributed by atoms with Gasteiger partial charge in [0, 0.05) is 0 Å². The minimum atomic E-state index is 1.04. The van der Waals surface area contributed by atoms with E-state index < -0.39 is 0 Å². The molecule has 0 aromatic heterocycles. The summed E-state index contributed by atoms with van der Waals surface area (Å²) in [6, 6.07) is 13.5. The fourth-order valence-electron chi connectivity index (χ4n) is 3.12. The van der Waals surface area contributed by atoms with Crippen molar-refractivity contribution in [3.05, 3.63) is 58.7 Å². The van der Waals surface area contributed by atoms with Gasteiger partial charge in [-0.15, -0.1) is 0 Å². The molecule has 1 aliphatic heterocycles. The summed E-state index contributed by atoms with van der Waals surface area (Å²) in [5.74, 6) is 0. The molecule has 2 nitrogen and oxygen atoms in total. The van der Waals surface area contributed by atoms with Crippen molar-refractivity contribution in [2.45, 2.75) is 27.7 Å². The van der Waals surface area contributed by atoms with E-state index in [2.05, 4.69) is 79.9 Å². The van der Waals surface area contributed by atoms with Gasteiger partial charge in [0.2, 0.25) is 6.34 Å². The van der Waals surface area contributed by atoms with Crippen molar-refractivity contribution >= 4 is 17.7 Å². The van der Waals surface area contributed by atoms with Crippen LogP contribution in [-0.2, 0) is 0 Å². The summed E-state index contributed by atoms with van der Waals surface area (Å²) in [6.45, 7) is 10.7. The van der Waals surface area contributed by atoms with Crippen molar-refractivity contribution in [2.24, 2.45) is 0 Å². The molecular formula is C19H23N2+. The zero-order chi connectivity index (χ0) is 15.0. The summed E-state index contributed by atoms with van der Waals surface area (Å²) in [4.78, 5) is 2.34. The third-order valence-electron chi connectivity index (χ3n) is 3.94. The van der Waals surface area contributed by atoms with Gasteiger partial charge in [-0.25, -0.2) is 9.48 Å². The second kappa shape index (κ2) is 5.36. The molecule has 2 heteroatoms. The van der Waals surface area contributed by atoms with Gasteiger partial charge >= 0.3 is 0 Å². The maximum atomic E-state index is 2.34. The highest BCUT2D eigenvalue weighted by molar-refractivity contribution is 5.78. The van der Waals surface area contributed by atoms with Crippen molar-refractivity contribution in [1.82, 2.24) is 0 Å². The Morgan fingerprint density at radius 3 is 1.86 bits per heavy atom. The Hall–Kier alpha value is -2.09. The highest BCUT2D eigenvalue weighted by Crippen LogP contribution is 2.23. The number of benzene rings is 2. The second-order valence-electron chi connectivity index (χ2n) is 6.19. The van der Waals surface area contributed by atoms with E-state index in [-0.39, 0.29) is 0 Å². The molecule has 0 amide bonds. The van der Waals surface area contributed by atoms with Gasteiger partial charge in [-0.1, -0.05) is 12.1 Å². The monoisotopic (exact) mass is 279 g/mol. The van der Waals surface area contributed by atoms with Crippen LogP contribution in [0.3, 0.4) is 0 Å². The summed E-state index contributed by atoms with van der Waals surface area (Å²) >= 11 is 0. The number of aryl methyl sites for hydroxylation is 4. The zero-order valence-electron chi connectivity index (χ0n) is 13.4. The molecule has 3 rings (SSSR count). The molecule has 108 valence electrons. The van der Waals surface area contributed by atoms with Crippen molar-refractivity contribution in [1.29, 1.82) is 0 Å². The van der Waals surface area contributed by atoms with Crippen molar-refractivity contribution in [3.63, 3.8) is 0 Å². The number of anilines is 1. The number of nitrogens with zero attached hydrogens (tertiary/aromatic N) is 2. The van der Waals surface area contributed by atoms with Crippen molar-refractivity contribution < 1.29 is 4.58 Å². The van der Waals surface area contributed by atoms with Gasteiger partial charge in [0.1, 0.15) is 24.5 Å². The maximum Gasteiger partial charge on any atom is 0.244 e. The third kappa shape index (κ3) is 2.99. The first-order valence-corrected chi connectivity index (χ1v) is 7.56. The van der Waals surface area contributed by atoms with E-state index in [1.807, 2.05) is 0 Å². The van der Waals surface area contributed by atoms with Crippen LogP contribution in [0.25, 0.3) is 0 Å². The minimum Gasteiger partial charge on any atom is -0.230 e. The summed E-state index contributed by atoms with van der Waals surface area (Å²) in [5.41, 5.74) is 7.87. The molecule has 0 atom stereocenters. The summed E-state index contributed by atoms with van der Waals surface area (Å²) in [7, 11) is 0. The van der Waals surface area contributed by atoms with Crippen LogP contribution in [-0.4, -0.2) is 24.0 Å². The first-order chi connectivity index (χ1) is 10.0. The average Bonchev–Trinajstić information content (AvgIpc) is 2.85. The fraction of sp³-hybridized carbons (Fsp3) is 0.316. The first-order valence-electron chi connectivity index (χ1n) is 7.56. The van der Waals surface area contributed by atoms with Crippen LogP contribution >= 0.6 is 0 Å². The minimum absolute atomic E-state index is 1.04. The molecule has 1 aliphatic rings. The molecule has 0 N–H and O–H groups in total. The van der Waals surface area contributed by atoms with Gasteiger partial charge in [0.05, 0.1) is 0 Å². The molecule has 1 heterocycles. The standard InChI is InChI=1S/C19H23N2/c1-14-7-15(2)10-18(9-14)20-5-6-21(13-20)19-11-16(3)8-17(4)12-19/h7-13H,5-6H2,1-4H3/q+1. The molecule has 2 aromatic carbocycles. The Kier molecular flexibility index (Phi) is 3.54. The topological polar surface area (TPSA) is 6.25 Å². The molecule has 0 saturated heterocycles. The van der Waals surface area contributed by atoms with Gasteiger partial charge in [0.15, 0.2) is 0 Å².